The Balaban J connectivity index is 1.82. The summed E-state index contributed by atoms with van der Waals surface area (Å²) in [5.41, 5.74) is 4.12. The van der Waals surface area contributed by atoms with Crippen LogP contribution in [0.5, 0.6) is 5.75 Å². The molecule has 0 saturated carbocycles. The van der Waals surface area contributed by atoms with Gasteiger partial charge in [-0.15, -0.1) is 0 Å². The monoisotopic (exact) mass is 310 g/mol. The second-order valence-corrected chi connectivity index (χ2v) is 5.94. The molecule has 0 aromatic heterocycles. The van der Waals surface area contributed by atoms with Crippen LogP contribution in [0.2, 0.25) is 0 Å². The standard InChI is InChI=1S/C19H22N2O2/c1-20-10-8-15-4-2-3-5-18(15)19(23)21-11-9-14-6-7-17(22)12-16(14)13-21/h2-7,12,20,22H,8-11,13H2,1H3. The quantitative estimate of drug-likeness (QED) is 0.911. The van der Waals surface area contributed by atoms with Crippen LogP contribution in [0.4, 0.5) is 0 Å². The molecule has 0 spiro atoms. The third-order valence-corrected chi connectivity index (χ3v) is 4.38. The second kappa shape index (κ2) is 6.84. The van der Waals surface area contributed by atoms with Gasteiger partial charge in [-0.25, -0.2) is 0 Å². The van der Waals surface area contributed by atoms with Crippen molar-refractivity contribution < 1.29 is 9.90 Å². The van der Waals surface area contributed by atoms with Crippen molar-refractivity contribution in [3.63, 3.8) is 0 Å². The molecular formula is C19H22N2O2. The lowest BCUT2D eigenvalue weighted by atomic mass is 9.97. The van der Waals surface area contributed by atoms with Gasteiger partial charge in [-0.2, -0.15) is 0 Å². The first-order valence-electron chi connectivity index (χ1n) is 8.01. The molecule has 23 heavy (non-hydrogen) atoms. The Bertz CT molecular complexity index is 712. The van der Waals surface area contributed by atoms with Gasteiger partial charge in [0.25, 0.3) is 5.91 Å². The van der Waals surface area contributed by atoms with Gasteiger partial charge < -0.3 is 15.3 Å². The highest BCUT2D eigenvalue weighted by molar-refractivity contribution is 5.95. The van der Waals surface area contributed by atoms with Gasteiger partial charge in [0.1, 0.15) is 5.75 Å². The van der Waals surface area contributed by atoms with Gasteiger partial charge in [0.2, 0.25) is 0 Å². The van der Waals surface area contributed by atoms with Crippen molar-refractivity contribution in [2.45, 2.75) is 19.4 Å². The van der Waals surface area contributed by atoms with E-state index in [4.69, 9.17) is 0 Å². The molecule has 0 saturated heterocycles. The van der Waals surface area contributed by atoms with Crippen LogP contribution in [-0.4, -0.2) is 36.1 Å². The fourth-order valence-electron chi connectivity index (χ4n) is 3.09. The van der Waals surface area contributed by atoms with E-state index in [-0.39, 0.29) is 11.7 Å². The number of amides is 1. The Morgan fingerprint density at radius 3 is 2.87 bits per heavy atom. The summed E-state index contributed by atoms with van der Waals surface area (Å²) in [7, 11) is 1.92. The molecule has 2 N–H and O–H groups in total. The minimum atomic E-state index is 0.0747. The van der Waals surface area contributed by atoms with E-state index >= 15 is 0 Å². The third kappa shape index (κ3) is 3.37. The van der Waals surface area contributed by atoms with Gasteiger partial charge in [0.15, 0.2) is 0 Å². The van der Waals surface area contributed by atoms with Gasteiger partial charge in [-0.05, 0) is 61.3 Å². The molecule has 3 rings (SSSR count). The molecule has 0 fully saturated rings. The smallest absolute Gasteiger partial charge is 0.254 e. The molecule has 1 amide bonds. The molecule has 1 aliphatic heterocycles. The number of aromatic hydroxyl groups is 1. The molecule has 2 aromatic rings. The van der Waals surface area contributed by atoms with Crippen molar-refractivity contribution in [1.29, 1.82) is 0 Å². The molecule has 0 aliphatic carbocycles. The first kappa shape index (κ1) is 15.6. The van der Waals surface area contributed by atoms with Crippen LogP contribution in [0.25, 0.3) is 0 Å². The van der Waals surface area contributed by atoms with Gasteiger partial charge >= 0.3 is 0 Å². The number of carbonyl (C=O) groups excluding carboxylic acids is 1. The molecular weight excluding hydrogens is 288 g/mol. The molecule has 0 bridgehead atoms. The number of hydrogen-bond acceptors (Lipinski definition) is 3. The summed E-state index contributed by atoms with van der Waals surface area (Å²) in [6.45, 7) is 2.13. The lowest BCUT2D eigenvalue weighted by Crippen LogP contribution is -2.36. The highest BCUT2D eigenvalue weighted by Crippen LogP contribution is 2.24. The minimum Gasteiger partial charge on any atom is -0.508 e. The van der Waals surface area contributed by atoms with Crippen LogP contribution in [0, 0.1) is 0 Å². The van der Waals surface area contributed by atoms with E-state index in [1.165, 1.54) is 5.56 Å². The second-order valence-electron chi connectivity index (χ2n) is 5.94. The fraction of sp³-hybridized carbons (Fsp3) is 0.316. The molecule has 0 radical (unpaired) electrons. The third-order valence-electron chi connectivity index (χ3n) is 4.38. The molecule has 0 atom stereocenters. The SMILES string of the molecule is CNCCc1ccccc1C(=O)N1CCc2ccc(O)cc2C1. The maximum absolute atomic E-state index is 12.9. The van der Waals surface area contributed by atoms with Crippen molar-refractivity contribution in [2.75, 3.05) is 20.1 Å². The number of phenolic OH excluding ortho intramolecular Hbond substituents is 1. The van der Waals surface area contributed by atoms with Crippen LogP contribution in [0.1, 0.15) is 27.0 Å². The van der Waals surface area contributed by atoms with Crippen molar-refractivity contribution in [3.05, 3.63) is 64.7 Å². The summed E-state index contributed by atoms with van der Waals surface area (Å²) in [5, 5.41) is 12.8. The summed E-state index contributed by atoms with van der Waals surface area (Å²) < 4.78 is 0. The van der Waals surface area contributed by atoms with Crippen molar-refractivity contribution in [3.8, 4) is 5.75 Å². The Hall–Kier alpha value is -2.33. The normalized spacial score (nSPS) is 13.7. The largest absolute Gasteiger partial charge is 0.508 e. The fourth-order valence-corrected chi connectivity index (χ4v) is 3.09. The van der Waals surface area contributed by atoms with Crippen molar-refractivity contribution in [2.24, 2.45) is 0 Å². The number of likely N-dealkylation sites (N-methyl/N-ethyl adjacent to an activating group) is 1. The maximum Gasteiger partial charge on any atom is 0.254 e. The van der Waals surface area contributed by atoms with Crippen LogP contribution in [-0.2, 0) is 19.4 Å². The van der Waals surface area contributed by atoms with Crippen LogP contribution >= 0.6 is 0 Å². The van der Waals surface area contributed by atoms with Crippen LogP contribution in [0.3, 0.4) is 0 Å². The topological polar surface area (TPSA) is 52.6 Å². The first-order chi connectivity index (χ1) is 11.2. The highest BCUT2D eigenvalue weighted by atomic mass is 16.3. The van der Waals surface area contributed by atoms with Gasteiger partial charge in [0, 0.05) is 18.7 Å². The predicted molar refractivity (Wildman–Crippen MR) is 90.6 cm³/mol. The maximum atomic E-state index is 12.9. The average molecular weight is 310 g/mol. The van der Waals surface area contributed by atoms with Gasteiger partial charge in [-0.1, -0.05) is 24.3 Å². The Kier molecular flexibility index (Phi) is 4.63. The van der Waals surface area contributed by atoms with Gasteiger partial charge in [-0.3, -0.25) is 4.79 Å². The molecule has 4 heteroatoms. The van der Waals surface area contributed by atoms with E-state index in [1.807, 2.05) is 42.3 Å². The predicted octanol–water partition coefficient (Wildman–Crippen LogP) is 2.35. The number of fused-ring (bicyclic) bond motifs is 1. The zero-order valence-corrected chi connectivity index (χ0v) is 13.4. The Morgan fingerprint density at radius 2 is 2.04 bits per heavy atom. The molecule has 1 aliphatic rings. The van der Waals surface area contributed by atoms with E-state index in [2.05, 4.69) is 5.32 Å². The summed E-state index contributed by atoms with van der Waals surface area (Å²) in [4.78, 5) is 14.8. The number of hydrogen-bond donors (Lipinski definition) is 2. The molecule has 0 unspecified atom stereocenters. The summed E-state index contributed by atoms with van der Waals surface area (Å²) in [5.74, 6) is 0.332. The molecule has 2 aromatic carbocycles. The Labute approximate surface area is 136 Å². The number of phenols is 1. The van der Waals surface area contributed by atoms with Crippen molar-refractivity contribution >= 4 is 5.91 Å². The summed E-state index contributed by atoms with van der Waals surface area (Å²) >= 11 is 0. The van der Waals surface area contributed by atoms with Crippen LogP contribution < -0.4 is 5.32 Å². The number of carbonyl (C=O) groups is 1. The summed E-state index contributed by atoms with van der Waals surface area (Å²) in [6, 6.07) is 13.3. The first-order valence-corrected chi connectivity index (χ1v) is 8.01. The summed E-state index contributed by atoms with van der Waals surface area (Å²) in [6.07, 6.45) is 1.67. The number of rotatable bonds is 4. The van der Waals surface area contributed by atoms with Gasteiger partial charge in [0.05, 0.1) is 0 Å². The Morgan fingerprint density at radius 1 is 1.22 bits per heavy atom. The zero-order valence-electron chi connectivity index (χ0n) is 13.4. The van der Waals surface area contributed by atoms with E-state index < -0.39 is 0 Å². The number of nitrogens with one attached hydrogen (secondary N) is 1. The van der Waals surface area contributed by atoms with Crippen LogP contribution in [0.15, 0.2) is 42.5 Å². The molecule has 120 valence electrons. The highest BCUT2D eigenvalue weighted by Gasteiger charge is 2.23. The molecule has 1 heterocycles. The number of benzene rings is 2. The minimum absolute atomic E-state index is 0.0747. The lowest BCUT2D eigenvalue weighted by molar-refractivity contribution is 0.0733. The average Bonchev–Trinajstić information content (AvgIpc) is 2.59. The van der Waals surface area contributed by atoms with E-state index in [0.717, 1.165) is 42.6 Å². The zero-order chi connectivity index (χ0) is 16.2. The van der Waals surface area contributed by atoms with Crippen molar-refractivity contribution in [1.82, 2.24) is 10.2 Å². The van der Waals surface area contributed by atoms with E-state index in [1.54, 1.807) is 12.1 Å². The van der Waals surface area contributed by atoms with E-state index in [9.17, 15) is 9.90 Å². The lowest BCUT2D eigenvalue weighted by Gasteiger charge is -2.29. The van der Waals surface area contributed by atoms with E-state index in [0.29, 0.717) is 6.54 Å². The number of nitrogens with zero attached hydrogens (tertiary/aromatic N) is 1. The molecule has 4 nitrogen and oxygen atoms in total.